The van der Waals surface area contributed by atoms with E-state index in [4.69, 9.17) is 0 Å². The number of aryl methyl sites for hydroxylation is 1. The third-order valence-corrected chi connectivity index (χ3v) is 3.53. The highest BCUT2D eigenvalue weighted by molar-refractivity contribution is 7.10. The zero-order chi connectivity index (χ0) is 11.5. The molecule has 0 spiro atoms. The van der Waals surface area contributed by atoms with E-state index in [0.717, 1.165) is 17.8 Å². The maximum Gasteiger partial charge on any atom is 0.0973 e. The molecule has 1 N–H and O–H groups in total. The molecule has 5 heteroatoms. The molecule has 1 atom stereocenters. The highest BCUT2D eigenvalue weighted by Crippen LogP contribution is 2.25. The zero-order valence-electron chi connectivity index (χ0n) is 9.77. The first-order chi connectivity index (χ1) is 7.70. The molecule has 4 nitrogen and oxygen atoms in total. The molecule has 0 aliphatic heterocycles. The lowest BCUT2D eigenvalue weighted by atomic mass is 10.2. The fourth-order valence-corrected chi connectivity index (χ4v) is 2.48. The summed E-state index contributed by atoms with van der Waals surface area (Å²) in [7, 11) is 3.88. The average molecular weight is 236 g/mol. The maximum absolute atomic E-state index is 4.64. The van der Waals surface area contributed by atoms with Crippen LogP contribution in [-0.4, -0.2) is 28.4 Å². The van der Waals surface area contributed by atoms with E-state index in [1.165, 1.54) is 5.01 Å². The van der Waals surface area contributed by atoms with Crippen molar-refractivity contribution in [2.24, 2.45) is 7.05 Å². The molecular weight excluding hydrogens is 220 g/mol. The number of thiazole rings is 1. The molecule has 0 aliphatic rings. The fourth-order valence-electron chi connectivity index (χ4n) is 1.59. The fraction of sp³-hybridized carbons (Fsp3) is 0.455. The summed E-state index contributed by atoms with van der Waals surface area (Å²) in [6, 6.07) is 0. The zero-order valence-corrected chi connectivity index (χ0v) is 10.6. The summed E-state index contributed by atoms with van der Waals surface area (Å²) in [5.41, 5.74) is 2.11. The number of likely N-dealkylation sites (N-methyl/N-ethyl adjacent to an activating group) is 1. The molecule has 2 aromatic heterocycles. The van der Waals surface area contributed by atoms with Gasteiger partial charge in [0.05, 0.1) is 16.9 Å². The quantitative estimate of drug-likeness (QED) is 0.881. The molecule has 0 radical (unpaired) electrons. The Morgan fingerprint density at radius 1 is 1.56 bits per heavy atom. The van der Waals surface area contributed by atoms with Crippen LogP contribution in [-0.2, 0) is 7.05 Å². The Kier molecular flexibility index (Phi) is 3.36. The lowest BCUT2D eigenvalue weighted by molar-refractivity contribution is 0.674. The van der Waals surface area contributed by atoms with E-state index in [1.807, 2.05) is 26.5 Å². The lowest BCUT2D eigenvalue weighted by Crippen LogP contribution is -2.14. The molecule has 2 aromatic rings. The largest absolute Gasteiger partial charge is 0.319 e. The van der Waals surface area contributed by atoms with E-state index in [2.05, 4.69) is 27.7 Å². The molecule has 0 amide bonds. The minimum atomic E-state index is 0.459. The van der Waals surface area contributed by atoms with Gasteiger partial charge in [0.25, 0.3) is 0 Å². The molecule has 16 heavy (non-hydrogen) atoms. The van der Waals surface area contributed by atoms with Crippen molar-refractivity contribution in [2.75, 3.05) is 13.6 Å². The highest BCUT2D eigenvalue weighted by atomic mass is 32.1. The second kappa shape index (κ2) is 4.76. The van der Waals surface area contributed by atoms with Crippen LogP contribution in [0.5, 0.6) is 0 Å². The Bertz CT molecular complexity index is 460. The van der Waals surface area contributed by atoms with Crippen LogP contribution in [0.25, 0.3) is 11.3 Å². The second-order valence-corrected chi connectivity index (χ2v) is 4.82. The Hall–Kier alpha value is -1.20. The Balaban J connectivity index is 2.19. The lowest BCUT2D eigenvalue weighted by Gasteiger charge is -2.05. The van der Waals surface area contributed by atoms with Gasteiger partial charge in [-0.15, -0.1) is 11.3 Å². The minimum Gasteiger partial charge on any atom is -0.319 e. The van der Waals surface area contributed by atoms with Gasteiger partial charge in [-0.05, 0) is 7.05 Å². The van der Waals surface area contributed by atoms with Crippen LogP contribution in [0, 0.1) is 0 Å². The normalized spacial score (nSPS) is 12.9. The van der Waals surface area contributed by atoms with Crippen molar-refractivity contribution in [3.05, 3.63) is 22.8 Å². The summed E-state index contributed by atoms with van der Waals surface area (Å²) in [6.07, 6.45) is 3.84. The third kappa shape index (κ3) is 2.31. The van der Waals surface area contributed by atoms with Gasteiger partial charge in [0.1, 0.15) is 0 Å². The molecule has 86 valence electrons. The summed E-state index contributed by atoms with van der Waals surface area (Å²) >= 11 is 1.71. The number of nitrogens with one attached hydrogen (secondary N) is 1. The molecule has 1 unspecified atom stereocenters. The van der Waals surface area contributed by atoms with Gasteiger partial charge < -0.3 is 5.32 Å². The van der Waals surface area contributed by atoms with Gasteiger partial charge >= 0.3 is 0 Å². The third-order valence-electron chi connectivity index (χ3n) is 2.45. The summed E-state index contributed by atoms with van der Waals surface area (Å²) in [6.45, 7) is 3.14. The highest BCUT2D eigenvalue weighted by Gasteiger charge is 2.11. The number of aromatic nitrogens is 3. The molecule has 2 heterocycles. The van der Waals surface area contributed by atoms with Crippen molar-refractivity contribution in [2.45, 2.75) is 12.8 Å². The number of nitrogens with zero attached hydrogens (tertiary/aromatic N) is 3. The van der Waals surface area contributed by atoms with E-state index in [1.54, 1.807) is 16.0 Å². The van der Waals surface area contributed by atoms with Crippen LogP contribution in [0.1, 0.15) is 17.8 Å². The first-order valence-electron chi connectivity index (χ1n) is 5.29. The van der Waals surface area contributed by atoms with Gasteiger partial charge in [-0.25, -0.2) is 4.98 Å². The molecule has 0 bridgehead atoms. The van der Waals surface area contributed by atoms with Gasteiger partial charge in [-0.2, -0.15) is 5.10 Å². The number of hydrogen-bond donors (Lipinski definition) is 1. The maximum atomic E-state index is 4.64. The molecule has 0 saturated carbocycles. The number of rotatable bonds is 4. The van der Waals surface area contributed by atoms with Crippen molar-refractivity contribution in [1.29, 1.82) is 0 Å². The minimum absolute atomic E-state index is 0.459. The summed E-state index contributed by atoms with van der Waals surface area (Å²) in [5.74, 6) is 0.459. The van der Waals surface area contributed by atoms with Crippen molar-refractivity contribution in [3.8, 4) is 11.3 Å². The van der Waals surface area contributed by atoms with Crippen LogP contribution in [0.4, 0.5) is 0 Å². The molecule has 0 fully saturated rings. The SMILES string of the molecule is CNCC(C)c1nc(-c2cnn(C)c2)cs1. The second-order valence-electron chi connectivity index (χ2n) is 3.93. The van der Waals surface area contributed by atoms with Gasteiger partial charge in [-0.1, -0.05) is 6.92 Å². The van der Waals surface area contributed by atoms with Crippen LogP contribution >= 0.6 is 11.3 Å². The standard InChI is InChI=1S/C11H16N4S/c1-8(4-12-2)11-14-10(7-16-11)9-5-13-15(3)6-9/h5-8,12H,4H2,1-3H3. The predicted molar refractivity (Wildman–Crippen MR) is 66.7 cm³/mol. The van der Waals surface area contributed by atoms with Crippen LogP contribution < -0.4 is 5.32 Å². The molecular formula is C11H16N4S. The van der Waals surface area contributed by atoms with Gasteiger partial charge in [0.2, 0.25) is 0 Å². The predicted octanol–water partition coefficient (Wildman–Crippen LogP) is 1.87. The molecule has 0 aliphatic carbocycles. The topological polar surface area (TPSA) is 42.7 Å². The van der Waals surface area contributed by atoms with Crippen molar-refractivity contribution in [1.82, 2.24) is 20.1 Å². The van der Waals surface area contributed by atoms with Crippen molar-refractivity contribution in [3.63, 3.8) is 0 Å². The monoisotopic (exact) mass is 236 g/mol. The Morgan fingerprint density at radius 3 is 3.00 bits per heavy atom. The summed E-state index contributed by atoms with van der Waals surface area (Å²) < 4.78 is 1.80. The Morgan fingerprint density at radius 2 is 2.38 bits per heavy atom. The number of hydrogen-bond acceptors (Lipinski definition) is 4. The first kappa shape index (κ1) is 11.3. The summed E-state index contributed by atoms with van der Waals surface area (Å²) in [4.78, 5) is 4.64. The average Bonchev–Trinajstić information content (AvgIpc) is 2.85. The van der Waals surface area contributed by atoms with E-state index in [-0.39, 0.29) is 0 Å². The van der Waals surface area contributed by atoms with Gasteiger partial charge in [-0.3, -0.25) is 4.68 Å². The van der Waals surface area contributed by atoms with E-state index in [9.17, 15) is 0 Å². The molecule has 0 aromatic carbocycles. The van der Waals surface area contributed by atoms with Crippen molar-refractivity contribution >= 4 is 11.3 Å². The van der Waals surface area contributed by atoms with Crippen LogP contribution in [0.15, 0.2) is 17.8 Å². The van der Waals surface area contributed by atoms with Crippen LogP contribution in [0.2, 0.25) is 0 Å². The smallest absolute Gasteiger partial charge is 0.0973 e. The molecule has 2 rings (SSSR count). The van der Waals surface area contributed by atoms with E-state index < -0.39 is 0 Å². The van der Waals surface area contributed by atoms with E-state index in [0.29, 0.717) is 5.92 Å². The van der Waals surface area contributed by atoms with Crippen molar-refractivity contribution < 1.29 is 0 Å². The first-order valence-corrected chi connectivity index (χ1v) is 6.17. The Labute approximate surface area is 99.3 Å². The van der Waals surface area contributed by atoms with E-state index >= 15 is 0 Å². The summed E-state index contributed by atoms with van der Waals surface area (Å²) in [5, 5.41) is 10.6. The van der Waals surface area contributed by atoms with Gasteiger partial charge in [0.15, 0.2) is 0 Å². The van der Waals surface area contributed by atoms with Gasteiger partial charge in [0, 0.05) is 36.7 Å². The van der Waals surface area contributed by atoms with Crippen LogP contribution in [0.3, 0.4) is 0 Å². The molecule has 0 saturated heterocycles.